The SMILES string of the molecule is Cn1cc(C(=O)N2CCC[C@@H](C(=O)O)C2)nn1. The van der Waals surface area contributed by atoms with Gasteiger partial charge in [0.1, 0.15) is 0 Å². The molecule has 0 unspecified atom stereocenters. The molecule has 1 amide bonds. The van der Waals surface area contributed by atoms with Gasteiger partial charge in [0, 0.05) is 20.1 Å². The van der Waals surface area contributed by atoms with Gasteiger partial charge in [0.05, 0.1) is 12.1 Å². The molecule has 7 heteroatoms. The van der Waals surface area contributed by atoms with Gasteiger partial charge in [0.15, 0.2) is 5.69 Å². The van der Waals surface area contributed by atoms with Gasteiger partial charge in [0.25, 0.3) is 5.91 Å². The topological polar surface area (TPSA) is 88.3 Å². The third kappa shape index (κ3) is 2.43. The molecular weight excluding hydrogens is 224 g/mol. The molecule has 2 rings (SSSR count). The molecule has 2 heterocycles. The first-order chi connectivity index (χ1) is 8.08. The molecule has 1 aliphatic heterocycles. The molecule has 1 fully saturated rings. The minimum absolute atomic E-state index is 0.246. The van der Waals surface area contributed by atoms with E-state index in [0.29, 0.717) is 19.4 Å². The van der Waals surface area contributed by atoms with Crippen LogP contribution in [0.5, 0.6) is 0 Å². The number of carboxylic acid groups (broad SMARTS) is 1. The van der Waals surface area contributed by atoms with Crippen LogP contribution in [0.3, 0.4) is 0 Å². The van der Waals surface area contributed by atoms with Crippen LogP contribution in [-0.2, 0) is 11.8 Å². The van der Waals surface area contributed by atoms with Gasteiger partial charge in [-0.2, -0.15) is 0 Å². The van der Waals surface area contributed by atoms with Crippen LogP contribution >= 0.6 is 0 Å². The van der Waals surface area contributed by atoms with Crippen molar-refractivity contribution in [3.8, 4) is 0 Å². The van der Waals surface area contributed by atoms with E-state index in [1.54, 1.807) is 7.05 Å². The largest absolute Gasteiger partial charge is 0.481 e. The number of likely N-dealkylation sites (tertiary alicyclic amines) is 1. The maximum Gasteiger partial charge on any atom is 0.308 e. The predicted octanol–water partition coefficient (Wildman–Crippen LogP) is -0.248. The predicted molar refractivity (Wildman–Crippen MR) is 57.3 cm³/mol. The van der Waals surface area contributed by atoms with Crippen molar-refractivity contribution < 1.29 is 14.7 Å². The summed E-state index contributed by atoms with van der Waals surface area (Å²) >= 11 is 0. The Morgan fingerprint density at radius 3 is 2.88 bits per heavy atom. The number of carboxylic acids is 1. The number of carbonyl (C=O) groups is 2. The second-order valence-corrected chi connectivity index (χ2v) is 4.21. The number of aromatic nitrogens is 3. The first-order valence-corrected chi connectivity index (χ1v) is 5.46. The van der Waals surface area contributed by atoms with E-state index in [2.05, 4.69) is 10.3 Å². The Bertz CT molecular complexity index is 443. The third-order valence-corrected chi connectivity index (χ3v) is 2.88. The normalized spacial score (nSPS) is 20.3. The number of nitrogens with zero attached hydrogens (tertiary/aromatic N) is 4. The summed E-state index contributed by atoms with van der Waals surface area (Å²) in [7, 11) is 1.68. The van der Waals surface area contributed by atoms with Crippen LogP contribution in [-0.4, -0.2) is 50.0 Å². The van der Waals surface area contributed by atoms with Crippen LogP contribution in [0.4, 0.5) is 0 Å². The van der Waals surface area contributed by atoms with Crippen LogP contribution in [0.15, 0.2) is 6.20 Å². The van der Waals surface area contributed by atoms with Crippen LogP contribution < -0.4 is 0 Å². The van der Waals surface area contributed by atoms with E-state index in [-0.39, 0.29) is 18.1 Å². The molecule has 7 nitrogen and oxygen atoms in total. The zero-order valence-corrected chi connectivity index (χ0v) is 9.54. The summed E-state index contributed by atoms with van der Waals surface area (Å²) in [4.78, 5) is 24.4. The Labute approximate surface area is 98.0 Å². The minimum atomic E-state index is -0.846. The molecule has 0 aliphatic carbocycles. The van der Waals surface area contributed by atoms with Gasteiger partial charge in [-0.25, -0.2) is 0 Å². The maximum absolute atomic E-state index is 12.0. The number of rotatable bonds is 2. The molecule has 1 aromatic rings. The fourth-order valence-electron chi connectivity index (χ4n) is 1.97. The average molecular weight is 238 g/mol. The summed E-state index contributed by atoms with van der Waals surface area (Å²) in [5, 5.41) is 16.4. The molecule has 0 aromatic carbocycles. The van der Waals surface area contributed by atoms with Crippen molar-refractivity contribution in [2.75, 3.05) is 13.1 Å². The smallest absolute Gasteiger partial charge is 0.308 e. The molecule has 1 aliphatic rings. The molecule has 17 heavy (non-hydrogen) atoms. The molecule has 1 aromatic heterocycles. The second kappa shape index (κ2) is 4.52. The van der Waals surface area contributed by atoms with Crippen molar-refractivity contribution in [1.82, 2.24) is 19.9 Å². The van der Waals surface area contributed by atoms with Crippen LogP contribution in [0.1, 0.15) is 23.3 Å². The number of piperidine rings is 1. The van der Waals surface area contributed by atoms with E-state index in [1.165, 1.54) is 15.8 Å². The Hall–Kier alpha value is -1.92. The van der Waals surface area contributed by atoms with E-state index in [0.717, 1.165) is 0 Å². The Kier molecular flexibility index (Phi) is 3.08. The van der Waals surface area contributed by atoms with E-state index >= 15 is 0 Å². The molecule has 0 radical (unpaired) electrons. The van der Waals surface area contributed by atoms with Crippen LogP contribution in [0, 0.1) is 5.92 Å². The van der Waals surface area contributed by atoms with Crippen molar-refractivity contribution in [3.05, 3.63) is 11.9 Å². The van der Waals surface area contributed by atoms with Crippen molar-refractivity contribution in [3.63, 3.8) is 0 Å². The highest BCUT2D eigenvalue weighted by molar-refractivity contribution is 5.92. The lowest BCUT2D eigenvalue weighted by molar-refractivity contribution is -0.143. The van der Waals surface area contributed by atoms with Crippen LogP contribution in [0.2, 0.25) is 0 Å². The number of hydrogen-bond acceptors (Lipinski definition) is 4. The number of hydrogen-bond donors (Lipinski definition) is 1. The van der Waals surface area contributed by atoms with Gasteiger partial charge in [-0.1, -0.05) is 5.21 Å². The Morgan fingerprint density at radius 2 is 2.29 bits per heavy atom. The van der Waals surface area contributed by atoms with Gasteiger partial charge >= 0.3 is 5.97 Å². The highest BCUT2D eigenvalue weighted by Crippen LogP contribution is 2.18. The first-order valence-electron chi connectivity index (χ1n) is 5.46. The molecule has 0 saturated carbocycles. The molecule has 1 N–H and O–H groups in total. The fraction of sp³-hybridized carbons (Fsp3) is 0.600. The lowest BCUT2D eigenvalue weighted by Crippen LogP contribution is -2.42. The quantitative estimate of drug-likeness (QED) is 0.767. The highest BCUT2D eigenvalue weighted by atomic mass is 16.4. The molecule has 0 spiro atoms. The fourth-order valence-corrected chi connectivity index (χ4v) is 1.97. The minimum Gasteiger partial charge on any atom is -0.481 e. The third-order valence-electron chi connectivity index (χ3n) is 2.88. The van der Waals surface area contributed by atoms with Crippen LogP contribution in [0.25, 0.3) is 0 Å². The summed E-state index contributed by atoms with van der Waals surface area (Å²) in [6.07, 6.45) is 2.87. The molecule has 92 valence electrons. The van der Waals surface area contributed by atoms with Gasteiger partial charge in [-0.3, -0.25) is 14.3 Å². The summed E-state index contributed by atoms with van der Waals surface area (Å²) in [6.45, 7) is 0.837. The van der Waals surface area contributed by atoms with Gasteiger partial charge < -0.3 is 10.0 Å². The number of carbonyl (C=O) groups excluding carboxylic acids is 1. The Balaban J connectivity index is 2.07. The zero-order chi connectivity index (χ0) is 12.4. The van der Waals surface area contributed by atoms with Crippen molar-refractivity contribution in [1.29, 1.82) is 0 Å². The summed E-state index contributed by atoms with van der Waals surface area (Å²) in [5.41, 5.74) is 0.263. The lowest BCUT2D eigenvalue weighted by Gasteiger charge is -2.29. The van der Waals surface area contributed by atoms with Gasteiger partial charge in [0.2, 0.25) is 0 Å². The second-order valence-electron chi connectivity index (χ2n) is 4.21. The summed E-state index contributed by atoms with van der Waals surface area (Å²) < 4.78 is 1.45. The van der Waals surface area contributed by atoms with E-state index in [1.807, 2.05) is 0 Å². The highest BCUT2D eigenvalue weighted by Gasteiger charge is 2.29. The van der Waals surface area contributed by atoms with E-state index in [9.17, 15) is 9.59 Å². The summed E-state index contributed by atoms with van der Waals surface area (Å²) in [6, 6.07) is 0. The summed E-state index contributed by atoms with van der Waals surface area (Å²) in [5.74, 6) is -1.56. The average Bonchev–Trinajstić information content (AvgIpc) is 2.75. The van der Waals surface area contributed by atoms with Crippen molar-refractivity contribution in [2.45, 2.75) is 12.8 Å². The Morgan fingerprint density at radius 1 is 1.53 bits per heavy atom. The molecular formula is C10H14N4O3. The zero-order valence-electron chi connectivity index (χ0n) is 9.54. The maximum atomic E-state index is 12.0. The van der Waals surface area contributed by atoms with Crippen molar-refractivity contribution >= 4 is 11.9 Å². The lowest BCUT2D eigenvalue weighted by atomic mass is 9.98. The van der Waals surface area contributed by atoms with Gasteiger partial charge in [-0.05, 0) is 12.8 Å². The number of amides is 1. The van der Waals surface area contributed by atoms with Crippen molar-refractivity contribution in [2.24, 2.45) is 13.0 Å². The van der Waals surface area contributed by atoms with Gasteiger partial charge in [-0.15, -0.1) is 5.10 Å². The number of aliphatic carboxylic acids is 1. The molecule has 0 bridgehead atoms. The first kappa shape index (κ1) is 11.6. The monoisotopic (exact) mass is 238 g/mol. The number of aryl methyl sites for hydroxylation is 1. The molecule has 1 atom stereocenters. The van der Waals surface area contributed by atoms with E-state index < -0.39 is 11.9 Å². The molecule has 1 saturated heterocycles. The standard InChI is InChI=1S/C10H14N4O3/c1-13-6-8(11-12-13)9(15)14-4-2-3-7(5-14)10(16)17/h6-7H,2-5H2,1H3,(H,16,17)/t7-/m1/s1. The van der Waals surface area contributed by atoms with E-state index in [4.69, 9.17) is 5.11 Å².